The molecule has 1 aliphatic rings. The molecule has 0 spiro atoms. The Morgan fingerprint density at radius 1 is 1.05 bits per heavy atom. The molecule has 0 radical (unpaired) electrons. The first kappa shape index (κ1) is 14.6. The average molecular weight is 259 g/mol. The fourth-order valence-electron chi connectivity index (χ4n) is 4.01. The van der Waals surface area contributed by atoms with Crippen LogP contribution in [0.1, 0.15) is 64.0 Å². The smallest absolute Gasteiger partial charge is 0.0135 e. The van der Waals surface area contributed by atoms with Crippen LogP contribution in [-0.2, 0) is 6.42 Å². The van der Waals surface area contributed by atoms with E-state index in [-0.39, 0.29) is 0 Å². The van der Waals surface area contributed by atoms with Crippen molar-refractivity contribution >= 4 is 0 Å². The highest BCUT2D eigenvalue weighted by atomic mass is 15.0. The number of nitrogens with one attached hydrogen (secondary N) is 1. The van der Waals surface area contributed by atoms with E-state index in [1.807, 2.05) is 0 Å². The molecule has 0 saturated heterocycles. The summed E-state index contributed by atoms with van der Waals surface area (Å²) in [6, 6.07) is 10.1. The van der Waals surface area contributed by atoms with Gasteiger partial charge in [-0.15, -0.1) is 0 Å². The van der Waals surface area contributed by atoms with E-state index in [0.717, 1.165) is 18.9 Å². The summed E-state index contributed by atoms with van der Waals surface area (Å²) in [5, 5.41) is 3.70. The summed E-state index contributed by atoms with van der Waals surface area (Å²) in [5.74, 6) is 0.748. The fourth-order valence-corrected chi connectivity index (χ4v) is 4.01. The van der Waals surface area contributed by atoms with Gasteiger partial charge in [-0.2, -0.15) is 0 Å². The zero-order valence-electron chi connectivity index (χ0n) is 13.0. The number of rotatable bonds is 6. The lowest BCUT2D eigenvalue weighted by molar-refractivity contribution is 0.0210. The number of benzene rings is 1. The van der Waals surface area contributed by atoms with Gasteiger partial charge in [-0.05, 0) is 54.7 Å². The van der Waals surface area contributed by atoms with Gasteiger partial charge >= 0.3 is 0 Å². The standard InChI is InChI=1S/C18H29N/c1-5-14-9-11-15(12-10-14)16-13-17(19-8-4)18(16,6-2)7-3/h9-12,16-17,19H,5-8,13H2,1-4H3. The van der Waals surface area contributed by atoms with Crippen LogP contribution in [0.3, 0.4) is 0 Å². The van der Waals surface area contributed by atoms with Crippen LogP contribution in [-0.4, -0.2) is 12.6 Å². The minimum absolute atomic E-state index is 0.476. The van der Waals surface area contributed by atoms with Gasteiger partial charge in [0.1, 0.15) is 0 Å². The highest BCUT2D eigenvalue weighted by molar-refractivity contribution is 5.31. The lowest BCUT2D eigenvalue weighted by Gasteiger charge is -2.56. The molecule has 19 heavy (non-hydrogen) atoms. The van der Waals surface area contributed by atoms with Gasteiger partial charge in [0.15, 0.2) is 0 Å². The first-order chi connectivity index (χ1) is 9.21. The zero-order chi connectivity index (χ0) is 13.9. The molecule has 0 heterocycles. The van der Waals surface area contributed by atoms with E-state index >= 15 is 0 Å². The highest BCUT2D eigenvalue weighted by Crippen LogP contribution is 2.57. The second-order valence-corrected chi connectivity index (χ2v) is 5.93. The minimum atomic E-state index is 0.476. The Bertz CT molecular complexity index is 389. The summed E-state index contributed by atoms with van der Waals surface area (Å²) in [4.78, 5) is 0. The van der Waals surface area contributed by atoms with E-state index in [1.54, 1.807) is 5.56 Å². The first-order valence-corrected chi connectivity index (χ1v) is 8.04. The van der Waals surface area contributed by atoms with E-state index in [0.29, 0.717) is 11.5 Å². The third-order valence-electron chi connectivity index (χ3n) is 5.42. The maximum absolute atomic E-state index is 3.70. The summed E-state index contributed by atoms with van der Waals surface area (Å²) < 4.78 is 0. The van der Waals surface area contributed by atoms with Gasteiger partial charge in [0.25, 0.3) is 0 Å². The Morgan fingerprint density at radius 3 is 2.16 bits per heavy atom. The van der Waals surface area contributed by atoms with Crippen molar-refractivity contribution in [3.05, 3.63) is 35.4 Å². The predicted octanol–water partition coefficient (Wildman–Crippen LogP) is 4.52. The molecular formula is C18H29N. The van der Waals surface area contributed by atoms with E-state index in [9.17, 15) is 0 Å². The summed E-state index contributed by atoms with van der Waals surface area (Å²) in [6.45, 7) is 10.3. The molecule has 1 saturated carbocycles. The molecule has 2 atom stereocenters. The molecular weight excluding hydrogens is 230 g/mol. The second-order valence-electron chi connectivity index (χ2n) is 5.93. The van der Waals surface area contributed by atoms with E-state index in [1.165, 1.54) is 24.8 Å². The SMILES string of the molecule is CCNC1CC(c2ccc(CC)cc2)C1(CC)CC. The zero-order valence-corrected chi connectivity index (χ0v) is 13.0. The molecule has 1 heteroatoms. The van der Waals surface area contributed by atoms with Crippen LogP contribution in [0.4, 0.5) is 0 Å². The van der Waals surface area contributed by atoms with Crippen molar-refractivity contribution in [2.24, 2.45) is 5.41 Å². The fraction of sp³-hybridized carbons (Fsp3) is 0.667. The summed E-state index contributed by atoms with van der Waals surface area (Å²) in [5.41, 5.74) is 3.48. The molecule has 1 nitrogen and oxygen atoms in total. The topological polar surface area (TPSA) is 12.0 Å². The molecule has 1 aromatic carbocycles. The van der Waals surface area contributed by atoms with Crippen LogP contribution in [0.15, 0.2) is 24.3 Å². The Kier molecular flexibility index (Phi) is 4.67. The molecule has 1 N–H and O–H groups in total. The van der Waals surface area contributed by atoms with Crippen LogP contribution in [0.25, 0.3) is 0 Å². The Morgan fingerprint density at radius 2 is 1.68 bits per heavy atom. The molecule has 2 rings (SSSR count). The van der Waals surface area contributed by atoms with Crippen molar-refractivity contribution < 1.29 is 0 Å². The molecule has 2 unspecified atom stereocenters. The van der Waals surface area contributed by atoms with Crippen molar-refractivity contribution in [2.45, 2.75) is 65.3 Å². The predicted molar refractivity (Wildman–Crippen MR) is 83.7 cm³/mol. The van der Waals surface area contributed by atoms with E-state index < -0.39 is 0 Å². The largest absolute Gasteiger partial charge is 0.314 e. The van der Waals surface area contributed by atoms with Crippen molar-refractivity contribution in [3.63, 3.8) is 0 Å². The van der Waals surface area contributed by atoms with Crippen LogP contribution >= 0.6 is 0 Å². The lowest BCUT2D eigenvalue weighted by atomic mass is 9.52. The van der Waals surface area contributed by atoms with Crippen molar-refractivity contribution in [1.29, 1.82) is 0 Å². The van der Waals surface area contributed by atoms with Gasteiger partial charge in [-0.1, -0.05) is 52.0 Å². The third-order valence-corrected chi connectivity index (χ3v) is 5.42. The molecule has 0 aromatic heterocycles. The maximum atomic E-state index is 3.70. The van der Waals surface area contributed by atoms with E-state index in [2.05, 4.69) is 57.3 Å². The van der Waals surface area contributed by atoms with Gasteiger partial charge in [0, 0.05) is 6.04 Å². The lowest BCUT2D eigenvalue weighted by Crippen LogP contribution is -2.58. The van der Waals surface area contributed by atoms with Gasteiger partial charge in [-0.25, -0.2) is 0 Å². The monoisotopic (exact) mass is 259 g/mol. The number of aryl methyl sites for hydroxylation is 1. The van der Waals surface area contributed by atoms with Crippen LogP contribution in [0, 0.1) is 5.41 Å². The highest BCUT2D eigenvalue weighted by Gasteiger charge is 2.52. The molecule has 1 aliphatic carbocycles. The van der Waals surface area contributed by atoms with Gasteiger partial charge in [0.2, 0.25) is 0 Å². The second kappa shape index (κ2) is 6.09. The third kappa shape index (κ3) is 2.45. The average Bonchev–Trinajstić information content (AvgIpc) is 2.45. The van der Waals surface area contributed by atoms with E-state index in [4.69, 9.17) is 0 Å². The van der Waals surface area contributed by atoms with Crippen molar-refractivity contribution in [3.8, 4) is 0 Å². The van der Waals surface area contributed by atoms with Gasteiger partial charge < -0.3 is 5.32 Å². The molecule has 0 bridgehead atoms. The van der Waals surface area contributed by atoms with Crippen LogP contribution in [0.5, 0.6) is 0 Å². The molecule has 0 aliphatic heterocycles. The van der Waals surface area contributed by atoms with Gasteiger partial charge in [-0.3, -0.25) is 0 Å². The summed E-state index contributed by atoms with van der Waals surface area (Å²) in [6.07, 6.45) is 5.00. The Balaban J connectivity index is 2.19. The molecule has 106 valence electrons. The Labute approximate surface area is 118 Å². The molecule has 1 aromatic rings. The van der Waals surface area contributed by atoms with Crippen LogP contribution < -0.4 is 5.32 Å². The number of hydrogen-bond donors (Lipinski definition) is 1. The number of hydrogen-bond acceptors (Lipinski definition) is 1. The Hall–Kier alpha value is -0.820. The van der Waals surface area contributed by atoms with Gasteiger partial charge in [0.05, 0.1) is 0 Å². The minimum Gasteiger partial charge on any atom is -0.314 e. The summed E-state index contributed by atoms with van der Waals surface area (Å²) in [7, 11) is 0. The first-order valence-electron chi connectivity index (χ1n) is 8.04. The van der Waals surface area contributed by atoms with Crippen molar-refractivity contribution in [2.75, 3.05) is 6.54 Å². The summed E-state index contributed by atoms with van der Waals surface area (Å²) >= 11 is 0. The van der Waals surface area contributed by atoms with Crippen molar-refractivity contribution in [1.82, 2.24) is 5.32 Å². The van der Waals surface area contributed by atoms with Crippen LogP contribution in [0.2, 0.25) is 0 Å². The normalized spacial score (nSPS) is 25.1. The molecule has 1 fully saturated rings. The quantitative estimate of drug-likeness (QED) is 0.792. The maximum Gasteiger partial charge on any atom is 0.0135 e. The molecule has 0 amide bonds.